The summed E-state index contributed by atoms with van der Waals surface area (Å²) in [6, 6.07) is 8.16. The highest BCUT2D eigenvalue weighted by molar-refractivity contribution is 9.10. The lowest BCUT2D eigenvalue weighted by Crippen LogP contribution is -2.07. The fraction of sp³-hybridized carbons (Fsp3) is 0.308. The molecule has 2 rings (SSSR count). The molecule has 0 unspecified atom stereocenters. The number of nitrogens with one attached hydrogen (secondary N) is 1. The fourth-order valence-corrected chi connectivity index (χ4v) is 2.32. The molecule has 0 aliphatic carbocycles. The molecule has 90 valence electrons. The Hall–Kier alpha value is -1.13. The molecular weight excluding hydrogens is 278 g/mol. The number of nitrogens with zero attached hydrogens (tertiary/aromatic N) is 2. The second-order valence-electron chi connectivity index (χ2n) is 4.04. The fourth-order valence-electron chi connectivity index (χ4n) is 1.85. The number of hydrogen-bond donors (Lipinski definition) is 1. The first-order chi connectivity index (χ1) is 8.15. The average Bonchev–Trinajstić information content (AvgIpc) is 2.59. The van der Waals surface area contributed by atoms with Crippen LogP contribution in [0.15, 0.2) is 28.7 Å². The minimum Gasteiger partial charge on any atom is -0.331 e. The second kappa shape index (κ2) is 5.02. The van der Waals surface area contributed by atoms with Gasteiger partial charge in [-0.05, 0) is 20.0 Å². The predicted molar refractivity (Wildman–Crippen MR) is 73.8 cm³/mol. The molecule has 0 radical (unpaired) electrons. The predicted octanol–water partition coefficient (Wildman–Crippen LogP) is 2.88. The number of halogens is 1. The summed E-state index contributed by atoms with van der Waals surface area (Å²) in [6.07, 6.45) is 0. The van der Waals surface area contributed by atoms with Crippen LogP contribution >= 0.6 is 15.9 Å². The molecule has 1 N–H and O–H groups in total. The second-order valence-corrected chi connectivity index (χ2v) is 4.89. The number of imidazole rings is 1. The monoisotopic (exact) mass is 293 g/mol. The van der Waals surface area contributed by atoms with Crippen LogP contribution < -0.4 is 5.32 Å². The number of aromatic nitrogens is 2. The Kier molecular flexibility index (Phi) is 3.64. The maximum absolute atomic E-state index is 4.70. The molecule has 0 atom stereocenters. The van der Waals surface area contributed by atoms with Crippen LogP contribution in [0, 0.1) is 6.92 Å². The van der Waals surface area contributed by atoms with E-state index in [0.717, 1.165) is 28.1 Å². The Labute approximate surface area is 110 Å². The summed E-state index contributed by atoms with van der Waals surface area (Å²) in [4.78, 5) is 4.70. The molecule has 2 aromatic rings. The van der Waals surface area contributed by atoms with E-state index in [1.54, 1.807) is 0 Å². The average molecular weight is 294 g/mol. The molecule has 3 nitrogen and oxygen atoms in total. The van der Waals surface area contributed by atoms with Crippen molar-refractivity contribution in [3.8, 4) is 11.4 Å². The quantitative estimate of drug-likeness (QED) is 0.943. The van der Waals surface area contributed by atoms with E-state index in [-0.39, 0.29) is 0 Å². The van der Waals surface area contributed by atoms with Crippen molar-refractivity contribution >= 4 is 15.9 Å². The minimum absolute atomic E-state index is 0.796. The van der Waals surface area contributed by atoms with E-state index >= 15 is 0 Å². The molecule has 0 amide bonds. The van der Waals surface area contributed by atoms with E-state index in [4.69, 9.17) is 4.98 Å². The van der Waals surface area contributed by atoms with Gasteiger partial charge in [0.2, 0.25) is 0 Å². The minimum atomic E-state index is 0.796. The van der Waals surface area contributed by atoms with Gasteiger partial charge in [-0.2, -0.15) is 0 Å². The molecule has 4 heteroatoms. The van der Waals surface area contributed by atoms with E-state index in [2.05, 4.69) is 45.9 Å². The van der Waals surface area contributed by atoms with Crippen molar-refractivity contribution in [3.63, 3.8) is 0 Å². The largest absolute Gasteiger partial charge is 0.331 e. The molecule has 1 heterocycles. The summed E-state index contributed by atoms with van der Waals surface area (Å²) >= 11 is 3.57. The van der Waals surface area contributed by atoms with Gasteiger partial charge in [0.15, 0.2) is 0 Å². The van der Waals surface area contributed by atoms with Crippen LogP contribution in [0.25, 0.3) is 11.4 Å². The third kappa shape index (κ3) is 2.28. The van der Waals surface area contributed by atoms with E-state index in [9.17, 15) is 0 Å². The maximum atomic E-state index is 4.70. The van der Waals surface area contributed by atoms with Crippen LogP contribution in [-0.4, -0.2) is 16.6 Å². The Morgan fingerprint density at radius 2 is 2.06 bits per heavy atom. The highest BCUT2D eigenvalue weighted by Crippen LogP contribution is 2.28. The molecule has 0 saturated heterocycles. The Bertz CT molecular complexity index is 531. The Morgan fingerprint density at radius 3 is 2.71 bits per heavy atom. The lowest BCUT2D eigenvalue weighted by molar-refractivity contribution is 0.783. The zero-order valence-corrected chi connectivity index (χ0v) is 11.9. The van der Waals surface area contributed by atoms with Gasteiger partial charge in [0.25, 0.3) is 0 Å². The SMILES string of the molecule is CNCc1nc(-c2ccccc2Br)n(C)c1C. The van der Waals surface area contributed by atoms with Gasteiger partial charge in [-0.15, -0.1) is 0 Å². The first-order valence-corrected chi connectivity index (χ1v) is 6.36. The Morgan fingerprint density at radius 1 is 1.35 bits per heavy atom. The van der Waals surface area contributed by atoms with E-state index in [0.29, 0.717) is 0 Å². The molecule has 0 bridgehead atoms. The zero-order valence-electron chi connectivity index (χ0n) is 10.3. The normalized spacial score (nSPS) is 10.8. The highest BCUT2D eigenvalue weighted by atomic mass is 79.9. The van der Waals surface area contributed by atoms with Crippen molar-refractivity contribution in [3.05, 3.63) is 40.1 Å². The molecule has 0 fully saturated rings. The molecule has 0 spiro atoms. The van der Waals surface area contributed by atoms with Crippen LogP contribution in [0.3, 0.4) is 0 Å². The molecule has 0 aliphatic heterocycles. The van der Waals surface area contributed by atoms with Crippen LogP contribution in [0.5, 0.6) is 0 Å². The summed E-state index contributed by atoms with van der Waals surface area (Å²) in [5.74, 6) is 1.00. The third-order valence-corrected chi connectivity index (χ3v) is 3.63. The molecule has 1 aromatic heterocycles. The molecule has 0 saturated carbocycles. The van der Waals surface area contributed by atoms with Gasteiger partial charge in [0, 0.05) is 29.3 Å². The number of rotatable bonds is 3. The van der Waals surface area contributed by atoms with Crippen LogP contribution in [0.4, 0.5) is 0 Å². The van der Waals surface area contributed by atoms with Crippen molar-refractivity contribution in [1.82, 2.24) is 14.9 Å². The highest BCUT2D eigenvalue weighted by Gasteiger charge is 2.13. The van der Waals surface area contributed by atoms with Gasteiger partial charge in [-0.25, -0.2) is 4.98 Å². The smallest absolute Gasteiger partial charge is 0.141 e. The zero-order chi connectivity index (χ0) is 12.4. The molecule has 1 aromatic carbocycles. The first kappa shape index (κ1) is 12.3. The lowest BCUT2D eigenvalue weighted by Gasteiger charge is -2.05. The van der Waals surface area contributed by atoms with Gasteiger partial charge in [0.1, 0.15) is 5.82 Å². The topological polar surface area (TPSA) is 29.9 Å². The Balaban J connectivity index is 2.53. The van der Waals surface area contributed by atoms with Gasteiger partial charge < -0.3 is 9.88 Å². The summed E-state index contributed by atoms with van der Waals surface area (Å²) in [5.41, 5.74) is 3.42. The van der Waals surface area contributed by atoms with E-state index < -0.39 is 0 Å². The van der Waals surface area contributed by atoms with Crippen molar-refractivity contribution in [1.29, 1.82) is 0 Å². The summed E-state index contributed by atoms with van der Waals surface area (Å²) in [7, 11) is 3.99. The van der Waals surface area contributed by atoms with Gasteiger partial charge in [-0.3, -0.25) is 0 Å². The molecule has 17 heavy (non-hydrogen) atoms. The summed E-state index contributed by atoms with van der Waals surface area (Å²) in [6.45, 7) is 2.89. The van der Waals surface area contributed by atoms with Crippen molar-refractivity contribution in [2.75, 3.05) is 7.05 Å². The van der Waals surface area contributed by atoms with Crippen molar-refractivity contribution in [2.24, 2.45) is 7.05 Å². The summed E-state index contributed by atoms with van der Waals surface area (Å²) < 4.78 is 3.20. The van der Waals surface area contributed by atoms with Crippen LogP contribution in [0.2, 0.25) is 0 Å². The van der Waals surface area contributed by atoms with Crippen LogP contribution in [0.1, 0.15) is 11.4 Å². The summed E-state index contributed by atoms with van der Waals surface area (Å²) in [5, 5.41) is 3.14. The molecular formula is C13H16BrN3. The van der Waals surface area contributed by atoms with Crippen LogP contribution in [-0.2, 0) is 13.6 Å². The first-order valence-electron chi connectivity index (χ1n) is 5.57. The van der Waals surface area contributed by atoms with Crippen molar-refractivity contribution < 1.29 is 0 Å². The lowest BCUT2D eigenvalue weighted by atomic mass is 10.2. The standard InChI is InChI=1S/C13H16BrN3/c1-9-12(8-15-2)16-13(17(9)3)10-6-4-5-7-11(10)14/h4-7,15H,8H2,1-3H3. The number of benzene rings is 1. The maximum Gasteiger partial charge on any atom is 0.141 e. The van der Waals surface area contributed by atoms with E-state index in [1.807, 2.05) is 25.2 Å². The van der Waals surface area contributed by atoms with Crippen molar-refractivity contribution in [2.45, 2.75) is 13.5 Å². The van der Waals surface area contributed by atoms with Gasteiger partial charge in [0.05, 0.1) is 5.69 Å². The van der Waals surface area contributed by atoms with Gasteiger partial charge >= 0.3 is 0 Å². The number of hydrogen-bond acceptors (Lipinski definition) is 2. The van der Waals surface area contributed by atoms with Gasteiger partial charge in [-0.1, -0.05) is 34.1 Å². The third-order valence-electron chi connectivity index (χ3n) is 2.94. The van der Waals surface area contributed by atoms with E-state index in [1.165, 1.54) is 5.69 Å². The molecule has 0 aliphatic rings.